The first kappa shape index (κ1) is 14.5. The molecule has 0 aliphatic heterocycles. The van der Waals surface area contributed by atoms with Gasteiger partial charge in [0.15, 0.2) is 0 Å². The first-order valence-corrected chi connectivity index (χ1v) is 6.17. The molecule has 0 unspecified atom stereocenters. The molecule has 0 aliphatic rings. The lowest BCUT2D eigenvalue weighted by Crippen LogP contribution is -2.33. The quantitative estimate of drug-likeness (QED) is 0.696. The van der Waals surface area contributed by atoms with E-state index in [0.717, 1.165) is 26.2 Å². The van der Waals surface area contributed by atoms with Crippen LogP contribution in [0.4, 0.5) is 5.95 Å². The zero-order valence-electron chi connectivity index (χ0n) is 11.6. The average molecular weight is 254 g/mol. The number of methoxy groups -OCH3 is 2. The highest BCUT2D eigenvalue weighted by molar-refractivity contribution is 5.36. The monoisotopic (exact) mass is 254 g/mol. The first-order chi connectivity index (χ1) is 8.74. The molecule has 0 aliphatic carbocycles. The van der Waals surface area contributed by atoms with Gasteiger partial charge in [0.1, 0.15) is 0 Å². The van der Waals surface area contributed by atoms with Gasteiger partial charge in [-0.25, -0.2) is 0 Å². The maximum Gasteiger partial charge on any atom is 0.232 e. The number of rotatable bonds is 8. The van der Waals surface area contributed by atoms with E-state index in [-0.39, 0.29) is 0 Å². The van der Waals surface area contributed by atoms with Crippen LogP contribution in [0.2, 0.25) is 0 Å². The molecule has 1 rings (SSSR count). The van der Waals surface area contributed by atoms with Crippen molar-refractivity contribution in [1.29, 1.82) is 0 Å². The number of nitrogens with zero attached hydrogens (tertiary/aromatic N) is 3. The van der Waals surface area contributed by atoms with Crippen LogP contribution in [0.3, 0.4) is 0 Å². The van der Waals surface area contributed by atoms with Gasteiger partial charge >= 0.3 is 0 Å². The minimum Gasteiger partial charge on any atom is -0.481 e. The van der Waals surface area contributed by atoms with E-state index in [1.165, 1.54) is 0 Å². The summed E-state index contributed by atoms with van der Waals surface area (Å²) in [6.45, 7) is 7.69. The van der Waals surface area contributed by atoms with Gasteiger partial charge in [-0.15, -0.1) is 0 Å². The summed E-state index contributed by atoms with van der Waals surface area (Å²) in [6.07, 6.45) is 0. The van der Waals surface area contributed by atoms with E-state index < -0.39 is 0 Å². The SMILES string of the molecule is CCNCCN(CC)c1nc(OC)cc(OC)n1. The molecular formula is C12H22N4O2. The molecule has 1 heterocycles. The van der Waals surface area contributed by atoms with E-state index in [1.54, 1.807) is 20.3 Å². The second-order valence-corrected chi connectivity index (χ2v) is 3.69. The molecular weight excluding hydrogens is 232 g/mol. The van der Waals surface area contributed by atoms with Crippen molar-refractivity contribution in [1.82, 2.24) is 15.3 Å². The summed E-state index contributed by atoms with van der Waals surface area (Å²) in [5.41, 5.74) is 0. The third-order valence-electron chi connectivity index (χ3n) is 2.56. The Morgan fingerprint density at radius 2 is 1.78 bits per heavy atom. The summed E-state index contributed by atoms with van der Waals surface area (Å²) in [5.74, 6) is 1.66. The Bertz CT molecular complexity index is 338. The zero-order chi connectivity index (χ0) is 13.4. The highest BCUT2D eigenvalue weighted by Crippen LogP contribution is 2.19. The number of likely N-dealkylation sites (N-methyl/N-ethyl adjacent to an activating group) is 2. The largest absolute Gasteiger partial charge is 0.481 e. The van der Waals surface area contributed by atoms with Gasteiger partial charge in [0.2, 0.25) is 17.7 Å². The molecule has 0 amide bonds. The van der Waals surface area contributed by atoms with Crippen LogP contribution in [0, 0.1) is 0 Å². The maximum atomic E-state index is 5.14. The van der Waals surface area contributed by atoms with E-state index in [2.05, 4.69) is 34.0 Å². The van der Waals surface area contributed by atoms with Crippen molar-refractivity contribution in [2.24, 2.45) is 0 Å². The Hall–Kier alpha value is -1.56. The lowest BCUT2D eigenvalue weighted by Gasteiger charge is -2.21. The number of hydrogen-bond acceptors (Lipinski definition) is 6. The maximum absolute atomic E-state index is 5.14. The van der Waals surface area contributed by atoms with E-state index in [9.17, 15) is 0 Å². The molecule has 1 aromatic rings. The molecule has 0 saturated heterocycles. The van der Waals surface area contributed by atoms with E-state index >= 15 is 0 Å². The Balaban J connectivity index is 2.83. The molecule has 0 radical (unpaired) electrons. The molecule has 0 fully saturated rings. The number of anilines is 1. The topological polar surface area (TPSA) is 59.5 Å². The van der Waals surface area contributed by atoms with Crippen molar-refractivity contribution in [2.75, 3.05) is 45.3 Å². The number of hydrogen-bond donors (Lipinski definition) is 1. The van der Waals surface area contributed by atoms with Gasteiger partial charge in [0.05, 0.1) is 20.3 Å². The minimum atomic E-state index is 0.513. The second kappa shape index (κ2) is 7.71. The Morgan fingerprint density at radius 1 is 1.17 bits per heavy atom. The lowest BCUT2D eigenvalue weighted by atomic mass is 10.5. The van der Waals surface area contributed by atoms with Gasteiger partial charge in [0, 0.05) is 19.6 Å². The van der Waals surface area contributed by atoms with Gasteiger partial charge < -0.3 is 19.7 Å². The number of aromatic nitrogens is 2. The smallest absolute Gasteiger partial charge is 0.232 e. The lowest BCUT2D eigenvalue weighted by molar-refractivity contribution is 0.371. The molecule has 1 N–H and O–H groups in total. The predicted octanol–water partition coefficient (Wildman–Crippen LogP) is 0.930. The van der Waals surface area contributed by atoms with Crippen molar-refractivity contribution >= 4 is 5.95 Å². The van der Waals surface area contributed by atoms with Crippen LogP contribution in [0.1, 0.15) is 13.8 Å². The van der Waals surface area contributed by atoms with E-state index in [0.29, 0.717) is 17.7 Å². The van der Waals surface area contributed by atoms with Crippen molar-refractivity contribution in [3.8, 4) is 11.8 Å². The van der Waals surface area contributed by atoms with Crippen molar-refractivity contribution in [3.63, 3.8) is 0 Å². The van der Waals surface area contributed by atoms with Crippen molar-refractivity contribution in [3.05, 3.63) is 6.07 Å². The number of nitrogens with one attached hydrogen (secondary N) is 1. The van der Waals surface area contributed by atoms with Gasteiger partial charge in [-0.2, -0.15) is 9.97 Å². The Morgan fingerprint density at radius 3 is 2.22 bits per heavy atom. The fraction of sp³-hybridized carbons (Fsp3) is 0.667. The normalized spacial score (nSPS) is 10.2. The molecule has 0 saturated carbocycles. The van der Waals surface area contributed by atoms with E-state index in [1.807, 2.05) is 0 Å². The standard InChI is InChI=1S/C12H22N4O2/c1-5-13-7-8-16(6-2)12-14-10(17-3)9-11(15-12)18-4/h9,13H,5-8H2,1-4H3. The third kappa shape index (κ3) is 4.03. The molecule has 6 nitrogen and oxygen atoms in total. The molecule has 1 aromatic heterocycles. The summed E-state index contributed by atoms with van der Waals surface area (Å²) >= 11 is 0. The fourth-order valence-corrected chi connectivity index (χ4v) is 1.53. The van der Waals surface area contributed by atoms with Crippen LogP contribution in [-0.4, -0.2) is 50.4 Å². The van der Waals surface area contributed by atoms with Crippen molar-refractivity contribution < 1.29 is 9.47 Å². The summed E-state index contributed by atoms with van der Waals surface area (Å²) in [4.78, 5) is 10.7. The third-order valence-corrected chi connectivity index (χ3v) is 2.56. The summed E-state index contributed by atoms with van der Waals surface area (Å²) in [6, 6.07) is 1.67. The second-order valence-electron chi connectivity index (χ2n) is 3.69. The number of ether oxygens (including phenoxy) is 2. The summed E-state index contributed by atoms with van der Waals surface area (Å²) in [7, 11) is 3.17. The van der Waals surface area contributed by atoms with Gasteiger partial charge in [0.25, 0.3) is 0 Å². The molecule has 0 aromatic carbocycles. The molecule has 102 valence electrons. The molecule has 6 heteroatoms. The van der Waals surface area contributed by atoms with Crippen LogP contribution in [-0.2, 0) is 0 Å². The molecule has 18 heavy (non-hydrogen) atoms. The highest BCUT2D eigenvalue weighted by Gasteiger charge is 2.11. The van der Waals surface area contributed by atoms with Gasteiger partial charge in [-0.1, -0.05) is 6.92 Å². The Labute approximate surface area is 108 Å². The first-order valence-electron chi connectivity index (χ1n) is 6.17. The fourth-order valence-electron chi connectivity index (χ4n) is 1.53. The van der Waals surface area contributed by atoms with Crippen LogP contribution in [0.25, 0.3) is 0 Å². The minimum absolute atomic E-state index is 0.513. The molecule has 0 spiro atoms. The van der Waals surface area contributed by atoms with Crippen LogP contribution in [0.5, 0.6) is 11.8 Å². The van der Waals surface area contributed by atoms with E-state index in [4.69, 9.17) is 9.47 Å². The van der Waals surface area contributed by atoms with Gasteiger partial charge in [-0.05, 0) is 13.5 Å². The predicted molar refractivity (Wildman–Crippen MR) is 71.6 cm³/mol. The highest BCUT2D eigenvalue weighted by atomic mass is 16.5. The van der Waals surface area contributed by atoms with Gasteiger partial charge in [-0.3, -0.25) is 0 Å². The zero-order valence-corrected chi connectivity index (χ0v) is 11.6. The van der Waals surface area contributed by atoms with Crippen LogP contribution < -0.4 is 19.7 Å². The van der Waals surface area contributed by atoms with Crippen LogP contribution >= 0.6 is 0 Å². The average Bonchev–Trinajstić information content (AvgIpc) is 2.43. The molecule has 0 atom stereocenters. The molecule has 0 bridgehead atoms. The van der Waals surface area contributed by atoms with Crippen molar-refractivity contribution in [2.45, 2.75) is 13.8 Å². The van der Waals surface area contributed by atoms with Crippen LogP contribution in [0.15, 0.2) is 6.07 Å². The summed E-state index contributed by atoms with van der Waals surface area (Å²) in [5, 5.41) is 3.28. The summed E-state index contributed by atoms with van der Waals surface area (Å²) < 4.78 is 10.3. The Kier molecular flexibility index (Phi) is 6.21.